The predicted molar refractivity (Wildman–Crippen MR) is 85.2 cm³/mol. The van der Waals surface area contributed by atoms with Gasteiger partial charge in [0.05, 0.1) is 17.5 Å². The maximum absolute atomic E-state index is 13.6. The SMILES string of the molecule is CCN1CCN(C(=O)C2CC2C(=O)Nc2ccc(F)c(F)c2F)CC1. The third-order valence-electron chi connectivity index (χ3n) is 4.87. The minimum Gasteiger partial charge on any atom is -0.340 e. The molecule has 0 bridgehead atoms. The lowest BCUT2D eigenvalue weighted by Gasteiger charge is -2.34. The fourth-order valence-electron chi connectivity index (χ4n) is 3.12. The first-order valence-electron chi connectivity index (χ1n) is 8.37. The Hall–Kier alpha value is -2.09. The van der Waals surface area contributed by atoms with Crippen molar-refractivity contribution in [1.82, 2.24) is 9.80 Å². The van der Waals surface area contributed by atoms with E-state index < -0.39 is 40.9 Å². The Kier molecular flexibility index (Phi) is 4.99. The monoisotopic (exact) mass is 355 g/mol. The highest BCUT2D eigenvalue weighted by atomic mass is 19.2. The first kappa shape index (κ1) is 17.7. The van der Waals surface area contributed by atoms with Crippen molar-refractivity contribution in [2.24, 2.45) is 11.8 Å². The fraction of sp³-hybridized carbons (Fsp3) is 0.529. The van der Waals surface area contributed by atoms with Gasteiger partial charge in [0.15, 0.2) is 17.5 Å². The van der Waals surface area contributed by atoms with E-state index in [9.17, 15) is 22.8 Å². The Morgan fingerprint density at radius 1 is 1.08 bits per heavy atom. The van der Waals surface area contributed by atoms with Crippen LogP contribution in [-0.2, 0) is 9.59 Å². The number of nitrogens with one attached hydrogen (secondary N) is 1. The van der Waals surface area contributed by atoms with Crippen LogP contribution < -0.4 is 5.32 Å². The molecule has 1 heterocycles. The minimum atomic E-state index is -1.63. The molecule has 1 saturated heterocycles. The Bertz CT molecular complexity index is 690. The number of anilines is 1. The largest absolute Gasteiger partial charge is 0.340 e. The standard InChI is InChI=1S/C17H20F3N3O2/c1-2-22-5-7-23(8-6-22)17(25)11-9-10(11)16(24)21-13-4-3-12(18)14(19)15(13)20/h3-4,10-11H,2,5-9H2,1H3,(H,21,24). The van der Waals surface area contributed by atoms with Crippen LogP contribution in [0.2, 0.25) is 0 Å². The molecule has 1 saturated carbocycles. The first-order chi connectivity index (χ1) is 11.9. The second kappa shape index (κ2) is 7.03. The van der Waals surface area contributed by atoms with Crippen LogP contribution in [0.5, 0.6) is 0 Å². The van der Waals surface area contributed by atoms with Gasteiger partial charge in [0, 0.05) is 26.2 Å². The third-order valence-corrected chi connectivity index (χ3v) is 4.87. The summed E-state index contributed by atoms with van der Waals surface area (Å²) in [6.45, 7) is 5.90. The van der Waals surface area contributed by atoms with Crippen LogP contribution >= 0.6 is 0 Å². The van der Waals surface area contributed by atoms with E-state index >= 15 is 0 Å². The van der Waals surface area contributed by atoms with Gasteiger partial charge in [0.25, 0.3) is 0 Å². The maximum Gasteiger partial charge on any atom is 0.228 e. The van der Waals surface area contributed by atoms with Crippen LogP contribution in [-0.4, -0.2) is 54.3 Å². The molecule has 136 valence electrons. The van der Waals surface area contributed by atoms with E-state index in [0.29, 0.717) is 19.5 Å². The van der Waals surface area contributed by atoms with Crippen LogP contribution in [0, 0.1) is 29.3 Å². The summed E-state index contributed by atoms with van der Waals surface area (Å²) >= 11 is 0. The van der Waals surface area contributed by atoms with Crippen molar-refractivity contribution >= 4 is 17.5 Å². The van der Waals surface area contributed by atoms with E-state index in [-0.39, 0.29) is 5.91 Å². The molecule has 0 aromatic heterocycles. The molecular formula is C17H20F3N3O2. The van der Waals surface area contributed by atoms with Crippen LogP contribution in [0.3, 0.4) is 0 Å². The maximum atomic E-state index is 13.6. The summed E-state index contributed by atoms with van der Waals surface area (Å²) in [5.74, 6) is -5.97. The average Bonchev–Trinajstić information content (AvgIpc) is 3.42. The van der Waals surface area contributed by atoms with Crippen molar-refractivity contribution in [1.29, 1.82) is 0 Å². The van der Waals surface area contributed by atoms with Gasteiger partial charge in [-0.2, -0.15) is 0 Å². The van der Waals surface area contributed by atoms with Crippen LogP contribution in [0.15, 0.2) is 12.1 Å². The number of amides is 2. The van der Waals surface area contributed by atoms with Gasteiger partial charge in [-0.1, -0.05) is 6.92 Å². The summed E-state index contributed by atoms with van der Waals surface area (Å²) in [7, 11) is 0. The van der Waals surface area contributed by atoms with Gasteiger partial charge < -0.3 is 15.1 Å². The lowest BCUT2D eigenvalue weighted by atomic mass is 10.2. The van der Waals surface area contributed by atoms with Gasteiger partial charge in [0.1, 0.15) is 0 Å². The predicted octanol–water partition coefficient (Wildman–Crippen LogP) is 1.84. The summed E-state index contributed by atoms with van der Waals surface area (Å²) < 4.78 is 39.7. The third kappa shape index (κ3) is 3.63. The van der Waals surface area contributed by atoms with Gasteiger partial charge in [-0.15, -0.1) is 0 Å². The van der Waals surface area contributed by atoms with Gasteiger partial charge in [-0.3, -0.25) is 9.59 Å². The molecule has 25 heavy (non-hydrogen) atoms. The minimum absolute atomic E-state index is 0.0679. The molecule has 2 amide bonds. The van der Waals surface area contributed by atoms with Crippen molar-refractivity contribution in [3.8, 4) is 0 Å². The molecule has 1 aliphatic heterocycles. The second-order valence-electron chi connectivity index (χ2n) is 6.42. The van der Waals surface area contributed by atoms with Crippen molar-refractivity contribution in [2.75, 3.05) is 38.0 Å². The zero-order chi connectivity index (χ0) is 18.1. The highest BCUT2D eigenvalue weighted by Gasteiger charge is 2.49. The number of hydrogen-bond acceptors (Lipinski definition) is 3. The Morgan fingerprint density at radius 3 is 2.40 bits per heavy atom. The molecule has 8 heteroatoms. The zero-order valence-corrected chi connectivity index (χ0v) is 13.9. The lowest BCUT2D eigenvalue weighted by molar-refractivity contribution is -0.135. The first-order valence-corrected chi connectivity index (χ1v) is 8.37. The second-order valence-corrected chi connectivity index (χ2v) is 6.42. The number of halogens is 3. The summed E-state index contributed by atoms with van der Waals surface area (Å²) in [5.41, 5.74) is -0.418. The van der Waals surface area contributed by atoms with E-state index in [0.717, 1.165) is 31.8 Å². The van der Waals surface area contributed by atoms with Crippen molar-refractivity contribution in [2.45, 2.75) is 13.3 Å². The zero-order valence-electron chi connectivity index (χ0n) is 13.9. The van der Waals surface area contributed by atoms with E-state index in [1.165, 1.54) is 0 Å². The highest BCUT2D eigenvalue weighted by Crippen LogP contribution is 2.41. The lowest BCUT2D eigenvalue weighted by Crippen LogP contribution is -2.49. The molecule has 1 aromatic carbocycles. The Balaban J connectivity index is 1.56. The summed E-state index contributed by atoms with van der Waals surface area (Å²) in [6, 6.07) is 1.71. The average molecular weight is 355 g/mol. The van der Waals surface area contributed by atoms with Crippen LogP contribution in [0.1, 0.15) is 13.3 Å². The Labute approximate surface area is 143 Å². The Morgan fingerprint density at radius 2 is 1.76 bits per heavy atom. The number of hydrogen-bond donors (Lipinski definition) is 1. The number of nitrogens with zero attached hydrogens (tertiary/aromatic N) is 2. The molecule has 1 aromatic rings. The van der Waals surface area contributed by atoms with Crippen molar-refractivity contribution in [3.63, 3.8) is 0 Å². The molecular weight excluding hydrogens is 335 g/mol. The van der Waals surface area contributed by atoms with E-state index in [1.807, 2.05) is 0 Å². The summed E-state index contributed by atoms with van der Waals surface area (Å²) in [6.07, 6.45) is 0.393. The number of rotatable bonds is 4. The number of carbonyl (C=O) groups is 2. The van der Waals surface area contributed by atoms with E-state index in [2.05, 4.69) is 17.1 Å². The number of benzene rings is 1. The van der Waals surface area contributed by atoms with E-state index in [1.54, 1.807) is 4.90 Å². The topological polar surface area (TPSA) is 52.7 Å². The van der Waals surface area contributed by atoms with Gasteiger partial charge in [-0.25, -0.2) is 13.2 Å². The fourth-order valence-corrected chi connectivity index (χ4v) is 3.12. The highest BCUT2D eigenvalue weighted by molar-refractivity contribution is 5.99. The molecule has 2 aliphatic rings. The number of likely N-dealkylation sites (N-methyl/N-ethyl adjacent to an activating group) is 1. The van der Waals surface area contributed by atoms with Gasteiger partial charge >= 0.3 is 0 Å². The molecule has 0 radical (unpaired) electrons. The summed E-state index contributed by atoms with van der Waals surface area (Å²) in [5, 5.41) is 2.24. The summed E-state index contributed by atoms with van der Waals surface area (Å²) in [4.78, 5) is 28.6. The molecule has 3 rings (SSSR count). The molecule has 0 spiro atoms. The molecule has 2 atom stereocenters. The number of piperazine rings is 1. The van der Waals surface area contributed by atoms with Gasteiger partial charge in [-0.05, 0) is 25.1 Å². The quantitative estimate of drug-likeness (QED) is 0.839. The van der Waals surface area contributed by atoms with Gasteiger partial charge in [0.2, 0.25) is 11.8 Å². The van der Waals surface area contributed by atoms with Crippen LogP contribution in [0.25, 0.3) is 0 Å². The van der Waals surface area contributed by atoms with Crippen LogP contribution in [0.4, 0.5) is 18.9 Å². The molecule has 1 aliphatic carbocycles. The molecule has 2 fully saturated rings. The van der Waals surface area contributed by atoms with Crippen molar-refractivity contribution in [3.05, 3.63) is 29.6 Å². The molecule has 2 unspecified atom stereocenters. The van der Waals surface area contributed by atoms with E-state index in [4.69, 9.17) is 0 Å². The normalized spacial score (nSPS) is 23.4. The molecule has 1 N–H and O–H groups in total. The number of carbonyl (C=O) groups excluding carboxylic acids is 2. The smallest absolute Gasteiger partial charge is 0.228 e. The van der Waals surface area contributed by atoms with Crippen molar-refractivity contribution < 1.29 is 22.8 Å². The molecule has 5 nitrogen and oxygen atoms in total.